The van der Waals surface area contributed by atoms with Gasteiger partial charge in [0.1, 0.15) is 0 Å². The molecule has 4 rings (SSSR count). The second kappa shape index (κ2) is 4.51. The maximum Gasteiger partial charge on any atom is 0.0753 e. The number of hydrogen-bond acceptors (Lipinski definition) is 3. The van der Waals surface area contributed by atoms with Gasteiger partial charge >= 0.3 is 0 Å². The van der Waals surface area contributed by atoms with Crippen LogP contribution in [0.4, 0.5) is 5.69 Å². The Morgan fingerprint density at radius 1 is 1.16 bits per heavy atom. The predicted molar refractivity (Wildman–Crippen MR) is 76.5 cm³/mol. The van der Waals surface area contributed by atoms with Gasteiger partial charge in [0.05, 0.1) is 17.9 Å². The van der Waals surface area contributed by atoms with E-state index in [2.05, 4.69) is 32.4 Å². The molecule has 3 aliphatic rings. The van der Waals surface area contributed by atoms with E-state index in [4.69, 9.17) is 0 Å². The van der Waals surface area contributed by atoms with Gasteiger partial charge in [-0.05, 0) is 38.8 Å². The Bertz CT molecular complexity index is 433. The minimum atomic E-state index is 0.608. The van der Waals surface area contributed by atoms with Crippen LogP contribution in [0.1, 0.15) is 44.6 Å². The van der Waals surface area contributed by atoms with E-state index < -0.39 is 0 Å². The summed E-state index contributed by atoms with van der Waals surface area (Å²) in [5, 5.41) is 8.02. The Morgan fingerprint density at radius 3 is 2.63 bits per heavy atom. The van der Waals surface area contributed by atoms with Gasteiger partial charge in [-0.25, -0.2) is 0 Å². The van der Waals surface area contributed by atoms with Gasteiger partial charge in [0.25, 0.3) is 0 Å². The molecule has 1 aromatic rings. The second-order valence-corrected chi connectivity index (χ2v) is 6.72. The quantitative estimate of drug-likeness (QED) is 0.885. The van der Waals surface area contributed by atoms with Crippen LogP contribution in [0.15, 0.2) is 12.4 Å². The largest absolute Gasteiger partial charge is 0.368 e. The lowest BCUT2D eigenvalue weighted by molar-refractivity contribution is 0.222. The highest BCUT2D eigenvalue weighted by Crippen LogP contribution is 2.46. The highest BCUT2D eigenvalue weighted by Gasteiger charge is 2.44. The third-order valence-corrected chi connectivity index (χ3v) is 5.35. The van der Waals surface area contributed by atoms with E-state index in [0.717, 1.165) is 13.1 Å². The van der Waals surface area contributed by atoms with Gasteiger partial charge in [0, 0.05) is 24.7 Å². The Morgan fingerprint density at radius 2 is 1.89 bits per heavy atom. The molecule has 0 bridgehead atoms. The molecule has 1 N–H and O–H groups in total. The van der Waals surface area contributed by atoms with E-state index in [1.165, 1.54) is 57.3 Å². The van der Waals surface area contributed by atoms with Crippen LogP contribution in [0.5, 0.6) is 0 Å². The van der Waals surface area contributed by atoms with Crippen molar-refractivity contribution in [2.45, 2.75) is 44.6 Å². The van der Waals surface area contributed by atoms with Gasteiger partial charge in [-0.3, -0.25) is 4.68 Å². The van der Waals surface area contributed by atoms with Gasteiger partial charge in [0.15, 0.2) is 0 Å². The number of rotatable bonds is 2. The van der Waals surface area contributed by atoms with Crippen molar-refractivity contribution in [1.82, 2.24) is 15.1 Å². The predicted octanol–water partition coefficient (Wildman–Crippen LogP) is 2.19. The zero-order valence-electron chi connectivity index (χ0n) is 11.6. The molecular weight excluding hydrogens is 236 g/mol. The summed E-state index contributed by atoms with van der Waals surface area (Å²) in [6.45, 7) is 4.80. The summed E-state index contributed by atoms with van der Waals surface area (Å²) in [5.74, 6) is 0. The summed E-state index contributed by atoms with van der Waals surface area (Å²) in [4.78, 5) is 2.52. The first-order valence-electron chi connectivity index (χ1n) is 7.85. The van der Waals surface area contributed by atoms with Crippen molar-refractivity contribution < 1.29 is 0 Å². The van der Waals surface area contributed by atoms with Crippen molar-refractivity contribution in [3.8, 4) is 0 Å². The highest BCUT2D eigenvalue weighted by molar-refractivity contribution is 5.47. The Labute approximate surface area is 115 Å². The topological polar surface area (TPSA) is 33.1 Å². The average Bonchev–Trinajstić information content (AvgIpc) is 3.07. The molecule has 4 heteroatoms. The second-order valence-electron chi connectivity index (χ2n) is 6.72. The van der Waals surface area contributed by atoms with E-state index in [9.17, 15) is 0 Å². The van der Waals surface area contributed by atoms with Crippen molar-refractivity contribution >= 4 is 5.69 Å². The minimum Gasteiger partial charge on any atom is -0.368 e. The van der Waals surface area contributed by atoms with E-state index in [1.54, 1.807) is 0 Å². The maximum absolute atomic E-state index is 4.61. The maximum atomic E-state index is 4.61. The Hall–Kier alpha value is -1.03. The summed E-state index contributed by atoms with van der Waals surface area (Å²) in [7, 11) is 0. The summed E-state index contributed by atoms with van der Waals surface area (Å²) in [6.07, 6.45) is 12.6. The van der Waals surface area contributed by atoms with Crippen molar-refractivity contribution in [2.24, 2.45) is 5.41 Å². The van der Waals surface area contributed by atoms with E-state index in [1.807, 2.05) is 0 Å². The molecular formula is C15H24N4. The van der Waals surface area contributed by atoms with Crippen LogP contribution in [-0.4, -0.2) is 36.0 Å². The molecule has 1 saturated carbocycles. The van der Waals surface area contributed by atoms with E-state index in [-0.39, 0.29) is 0 Å². The lowest BCUT2D eigenvalue weighted by Crippen LogP contribution is -2.54. The first-order chi connectivity index (χ1) is 9.35. The fourth-order valence-electron chi connectivity index (χ4n) is 4.15. The number of nitrogens with zero attached hydrogens (tertiary/aromatic N) is 3. The van der Waals surface area contributed by atoms with E-state index in [0.29, 0.717) is 11.5 Å². The molecule has 0 radical (unpaired) electrons. The zero-order chi connectivity index (χ0) is 12.7. The SMILES string of the molecule is c1nn(C2CCNCC2)cc1N1CC2(CCCC2)C1. The molecule has 0 aromatic carbocycles. The first kappa shape index (κ1) is 11.8. The Kier molecular flexibility index (Phi) is 2.79. The molecule has 1 aliphatic carbocycles. The molecule has 0 atom stereocenters. The van der Waals surface area contributed by atoms with Crippen molar-refractivity contribution in [2.75, 3.05) is 31.1 Å². The summed E-state index contributed by atoms with van der Waals surface area (Å²) in [5.41, 5.74) is 2.02. The molecule has 2 aliphatic heterocycles. The fraction of sp³-hybridized carbons (Fsp3) is 0.800. The number of anilines is 1. The average molecular weight is 260 g/mol. The summed E-state index contributed by atoms with van der Waals surface area (Å²) in [6, 6.07) is 0.608. The van der Waals surface area contributed by atoms with Crippen molar-refractivity contribution in [3.05, 3.63) is 12.4 Å². The van der Waals surface area contributed by atoms with Crippen LogP contribution >= 0.6 is 0 Å². The molecule has 2 saturated heterocycles. The van der Waals surface area contributed by atoms with Crippen LogP contribution in [0, 0.1) is 5.41 Å². The Balaban J connectivity index is 1.41. The molecule has 104 valence electrons. The van der Waals surface area contributed by atoms with Gasteiger partial charge in [-0.1, -0.05) is 12.8 Å². The van der Waals surface area contributed by atoms with Crippen LogP contribution < -0.4 is 10.2 Å². The van der Waals surface area contributed by atoms with Crippen LogP contribution in [0.25, 0.3) is 0 Å². The highest BCUT2D eigenvalue weighted by atomic mass is 15.3. The first-order valence-corrected chi connectivity index (χ1v) is 7.85. The number of piperidine rings is 1. The third kappa shape index (κ3) is 2.06. The van der Waals surface area contributed by atoms with Crippen LogP contribution in [0.2, 0.25) is 0 Å². The van der Waals surface area contributed by atoms with Gasteiger partial charge < -0.3 is 10.2 Å². The number of aromatic nitrogens is 2. The number of hydrogen-bond donors (Lipinski definition) is 1. The smallest absolute Gasteiger partial charge is 0.0753 e. The molecule has 0 amide bonds. The molecule has 3 heterocycles. The van der Waals surface area contributed by atoms with Crippen LogP contribution in [-0.2, 0) is 0 Å². The van der Waals surface area contributed by atoms with Crippen LogP contribution in [0.3, 0.4) is 0 Å². The van der Waals surface area contributed by atoms with Crippen molar-refractivity contribution in [1.29, 1.82) is 0 Å². The molecule has 4 nitrogen and oxygen atoms in total. The third-order valence-electron chi connectivity index (χ3n) is 5.35. The lowest BCUT2D eigenvalue weighted by atomic mass is 9.78. The number of nitrogens with one attached hydrogen (secondary N) is 1. The molecule has 3 fully saturated rings. The van der Waals surface area contributed by atoms with Gasteiger partial charge in [-0.15, -0.1) is 0 Å². The molecule has 1 spiro atoms. The van der Waals surface area contributed by atoms with E-state index >= 15 is 0 Å². The normalized spacial score (nSPS) is 26.8. The zero-order valence-corrected chi connectivity index (χ0v) is 11.6. The van der Waals surface area contributed by atoms with Crippen molar-refractivity contribution in [3.63, 3.8) is 0 Å². The molecule has 0 unspecified atom stereocenters. The summed E-state index contributed by atoms with van der Waals surface area (Å²) >= 11 is 0. The molecule has 1 aromatic heterocycles. The lowest BCUT2D eigenvalue weighted by Gasteiger charge is -2.49. The monoisotopic (exact) mass is 260 g/mol. The standard InChI is InChI=1S/C15H24N4/c1-2-6-15(5-1)11-18(12-15)14-9-17-19(10-14)13-3-7-16-8-4-13/h9-10,13,16H,1-8,11-12H2. The molecule has 19 heavy (non-hydrogen) atoms. The fourth-order valence-corrected chi connectivity index (χ4v) is 4.15. The van der Waals surface area contributed by atoms with Gasteiger partial charge in [0.2, 0.25) is 0 Å². The summed E-state index contributed by atoms with van der Waals surface area (Å²) < 4.78 is 2.20. The van der Waals surface area contributed by atoms with Gasteiger partial charge in [-0.2, -0.15) is 5.10 Å². The minimum absolute atomic E-state index is 0.608.